The highest BCUT2D eigenvalue weighted by Crippen LogP contribution is 2.34. The third-order valence-corrected chi connectivity index (χ3v) is 22.6. The zero-order chi connectivity index (χ0) is 10.3. The second kappa shape index (κ2) is 3.64. The van der Waals surface area contributed by atoms with Gasteiger partial charge in [0.15, 0.2) is 0 Å². The molecule has 1 atom stereocenters. The van der Waals surface area contributed by atoms with Crippen molar-refractivity contribution < 1.29 is 0 Å². The summed E-state index contributed by atoms with van der Waals surface area (Å²) >= 11 is 0. The minimum atomic E-state index is 0.120. The molecule has 1 rings (SSSR count). The second-order valence-electron chi connectivity index (χ2n) is 6.47. The number of nitrogens with zero attached hydrogens (tertiary/aromatic N) is 1. The van der Waals surface area contributed by atoms with Crippen LogP contribution >= 0.6 is 0 Å². The molecule has 0 aromatic carbocycles. The van der Waals surface area contributed by atoms with Crippen LogP contribution in [0.3, 0.4) is 0 Å². The predicted molar refractivity (Wildman–Crippen MR) is 70.4 cm³/mol. The summed E-state index contributed by atoms with van der Waals surface area (Å²) in [6.45, 7) is 14.6. The maximum atomic E-state index is 2.95. The molecule has 1 fully saturated rings. The van der Waals surface area contributed by atoms with Gasteiger partial charge in [0.05, 0.1) is 18.9 Å². The summed E-state index contributed by atoms with van der Waals surface area (Å²) in [7, 11) is 0.732. The Bertz CT molecular complexity index is 160. The lowest BCUT2D eigenvalue weighted by Gasteiger charge is -2.34. The van der Waals surface area contributed by atoms with Gasteiger partial charge in [-0.3, -0.25) is 0 Å². The molecule has 0 saturated carbocycles. The third-order valence-electron chi connectivity index (χ3n) is 3.36. The van der Waals surface area contributed by atoms with E-state index in [4.69, 9.17) is 0 Å². The van der Waals surface area contributed by atoms with Crippen molar-refractivity contribution >= 4 is 27.9 Å². The van der Waals surface area contributed by atoms with Crippen LogP contribution in [0.1, 0.15) is 41.5 Å². The first-order chi connectivity index (χ1) is 5.71. The maximum Gasteiger partial charge on any atom is 0.0876 e. The van der Waals surface area contributed by atoms with Gasteiger partial charge in [-0.05, 0) is 36.9 Å². The van der Waals surface area contributed by atoms with E-state index in [1.165, 1.54) is 5.16 Å². The van der Waals surface area contributed by atoms with Gasteiger partial charge in [-0.15, -0.1) is 0 Å². The first kappa shape index (κ1) is 11.7. The lowest BCUT2D eigenvalue weighted by Crippen LogP contribution is -2.43. The zero-order valence-electron chi connectivity index (χ0n) is 10.1. The highest BCUT2D eigenvalue weighted by Gasteiger charge is 2.36. The fraction of sp³-hybridized carbons (Fsp3) is 1.00. The van der Waals surface area contributed by atoms with Crippen LogP contribution in [0.25, 0.3) is 0 Å². The molecule has 0 aromatic heterocycles. The fourth-order valence-electron chi connectivity index (χ4n) is 2.08. The van der Waals surface area contributed by atoms with E-state index in [1.807, 2.05) is 0 Å². The molecule has 1 saturated heterocycles. The van der Waals surface area contributed by atoms with Crippen molar-refractivity contribution in [2.45, 2.75) is 52.2 Å². The molecule has 0 radical (unpaired) electrons. The fourth-order valence-corrected chi connectivity index (χ4v) is 23.3. The van der Waals surface area contributed by atoms with Crippen LogP contribution < -0.4 is 0 Å². The number of rotatable bonds is 0. The summed E-state index contributed by atoms with van der Waals surface area (Å²) < 4.78 is 2.95. The van der Waals surface area contributed by atoms with Crippen LogP contribution in [0.2, 0.25) is 5.16 Å². The summed E-state index contributed by atoms with van der Waals surface area (Å²) in [6.07, 6.45) is 0. The first-order valence-corrected chi connectivity index (χ1v) is 12.4. The van der Waals surface area contributed by atoms with Crippen molar-refractivity contribution in [3.8, 4) is 0 Å². The van der Waals surface area contributed by atoms with E-state index in [2.05, 4.69) is 45.8 Å². The zero-order valence-corrected chi connectivity index (χ0v) is 14.4. The van der Waals surface area contributed by atoms with E-state index >= 15 is 0 Å². The average molecular weight is 232 g/mol. The summed E-state index contributed by atoms with van der Waals surface area (Å²) in [6, 6.07) is 0. The topological polar surface area (TPSA) is 3.24 Å². The molecule has 1 unspecified atom stereocenters. The van der Waals surface area contributed by atoms with Crippen LogP contribution in [0.15, 0.2) is 0 Å². The maximum absolute atomic E-state index is 2.95. The van der Waals surface area contributed by atoms with Crippen molar-refractivity contribution in [1.29, 1.82) is 0 Å². The number of hydrogen-bond donors (Lipinski definition) is 0. The van der Waals surface area contributed by atoms with Crippen LogP contribution in [-0.2, 0) is 0 Å². The molecule has 13 heavy (non-hydrogen) atoms. The van der Waals surface area contributed by atoms with E-state index < -0.39 is 0 Å². The summed E-state index contributed by atoms with van der Waals surface area (Å²) in [4.78, 5) is 0. The van der Waals surface area contributed by atoms with E-state index in [9.17, 15) is 0 Å². The van der Waals surface area contributed by atoms with Crippen molar-refractivity contribution in [2.24, 2.45) is 5.41 Å². The van der Waals surface area contributed by atoms with Crippen molar-refractivity contribution in [1.82, 2.24) is 4.23 Å². The van der Waals surface area contributed by atoms with Crippen LogP contribution in [0, 0.1) is 5.41 Å². The Kier molecular flexibility index (Phi) is 3.27. The summed E-state index contributed by atoms with van der Waals surface area (Å²) in [5.74, 6) is 0. The average Bonchev–Trinajstić information content (AvgIpc) is 2.28. The van der Waals surface area contributed by atoms with Gasteiger partial charge in [0.25, 0.3) is 0 Å². The smallest absolute Gasteiger partial charge is 0.0876 e. The third kappa shape index (κ3) is 3.04. The quantitative estimate of drug-likeness (QED) is 0.537. The molecule has 0 aliphatic carbocycles. The lowest BCUT2D eigenvalue weighted by molar-refractivity contribution is 0.369. The first-order valence-electron chi connectivity index (χ1n) is 5.46. The monoisotopic (exact) mass is 231 g/mol. The van der Waals surface area contributed by atoms with Crippen LogP contribution in [0.5, 0.6) is 0 Å². The predicted octanol–water partition coefficient (Wildman–Crippen LogP) is 0.144. The molecule has 1 heterocycles. The van der Waals surface area contributed by atoms with E-state index in [-0.39, 0.29) is 18.9 Å². The van der Waals surface area contributed by atoms with Gasteiger partial charge in [0.1, 0.15) is 0 Å². The lowest BCUT2D eigenvalue weighted by atomic mass is 10.00. The Labute approximate surface area is 90.1 Å². The molecular formula is C9H25NSi3. The molecule has 0 N–H and O–H groups in total. The Morgan fingerprint density at radius 3 is 1.77 bits per heavy atom. The van der Waals surface area contributed by atoms with Crippen molar-refractivity contribution in [3.05, 3.63) is 0 Å². The molecule has 0 spiro atoms. The van der Waals surface area contributed by atoms with Crippen LogP contribution in [0.4, 0.5) is 0 Å². The van der Waals surface area contributed by atoms with Gasteiger partial charge in [-0.25, -0.2) is 0 Å². The molecule has 78 valence electrons. The minimum Gasteiger partial charge on any atom is -0.353 e. The van der Waals surface area contributed by atoms with Gasteiger partial charge in [0.2, 0.25) is 0 Å². The Hall–Kier alpha value is 0.611. The molecule has 4 heteroatoms. The Morgan fingerprint density at radius 2 is 1.54 bits per heavy atom. The normalized spacial score (nSPS) is 32.3. The van der Waals surface area contributed by atoms with E-state index in [1.54, 1.807) is 0 Å². The van der Waals surface area contributed by atoms with Crippen LogP contribution in [-0.4, -0.2) is 37.7 Å². The minimum absolute atomic E-state index is 0.120. The van der Waals surface area contributed by atoms with Crippen molar-refractivity contribution in [2.75, 3.05) is 0 Å². The summed E-state index contributed by atoms with van der Waals surface area (Å²) in [5, 5.41) is 1.22. The molecule has 1 aliphatic rings. The standard InChI is InChI=1S/C9H25NSi3/c1-8(2,3)7-11-10(13-12-7)9(4,5)6/h7H,11-13H2,1-6H3. The Morgan fingerprint density at radius 1 is 1.00 bits per heavy atom. The highest BCUT2D eigenvalue weighted by molar-refractivity contribution is 7.09. The SMILES string of the molecule is CC(C)(C)C1[SiH2][SiH2]N(C(C)(C)C)[SiH2]1. The molecule has 0 bridgehead atoms. The van der Waals surface area contributed by atoms with Gasteiger partial charge < -0.3 is 4.23 Å². The molecule has 0 amide bonds. The van der Waals surface area contributed by atoms with Gasteiger partial charge >= 0.3 is 0 Å². The Balaban J connectivity index is 2.55. The molecule has 1 aliphatic heterocycles. The van der Waals surface area contributed by atoms with Gasteiger partial charge in [0, 0.05) is 9.04 Å². The molecule has 1 nitrogen and oxygen atoms in total. The second-order valence-corrected chi connectivity index (χ2v) is 16.5. The van der Waals surface area contributed by atoms with Gasteiger partial charge in [-0.1, -0.05) is 20.8 Å². The molecule has 0 aromatic rings. The van der Waals surface area contributed by atoms with E-state index in [0.717, 1.165) is 0 Å². The molecular weight excluding hydrogens is 206 g/mol. The largest absolute Gasteiger partial charge is 0.353 e. The number of hydrogen-bond acceptors (Lipinski definition) is 1. The van der Waals surface area contributed by atoms with Gasteiger partial charge in [-0.2, -0.15) is 0 Å². The van der Waals surface area contributed by atoms with E-state index in [0.29, 0.717) is 20.0 Å². The highest BCUT2D eigenvalue weighted by atomic mass is 29.2. The summed E-state index contributed by atoms with van der Waals surface area (Å²) in [5.41, 5.74) is 1.16. The van der Waals surface area contributed by atoms with Crippen molar-refractivity contribution in [3.63, 3.8) is 0 Å².